The molecule has 0 aliphatic heterocycles. The number of hydrogen-bond acceptors (Lipinski definition) is 4. The minimum atomic E-state index is -4.36. The van der Waals surface area contributed by atoms with E-state index in [0.29, 0.717) is 41.6 Å². The second-order valence-corrected chi connectivity index (χ2v) is 5.96. The van der Waals surface area contributed by atoms with E-state index < -0.39 is 18.6 Å². The summed E-state index contributed by atoms with van der Waals surface area (Å²) < 4.78 is 38.7. The predicted molar refractivity (Wildman–Crippen MR) is 84.0 cm³/mol. The van der Waals surface area contributed by atoms with Crippen LogP contribution < -0.4 is 5.32 Å². The van der Waals surface area contributed by atoms with Gasteiger partial charge in [-0.2, -0.15) is 23.4 Å². The van der Waals surface area contributed by atoms with Crippen LogP contribution >= 0.6 is 0 Å². The molecule has 2 N–H and O–H groups in total. The van der Waals surface area contributed by atoms with E-state index >= 15 is 0 Å². The summed E-state index contributed by atoms with van der Waals surface area (Å²) in [4.78, 5) is 16.5. The zero-order valence-corrected chi connectivity index (χ0v) is 14.5. The molecule has 25 heavy (non-hydrogen) atoms. The number of nitrogens with zero attached hydrogens (tertiary/aromatic N) is 4. The van der Waals surface area contributed by atoms with Gasteiger partial charge < -0.3 is 5.32 Å². The highest BCUT2D eigenvalue weighted by Crippen LogP contribution is 2.26. The fourth-order valence-corrected chi connectivity index (χ4v) is 2.74. The number of H-pyrrole nitrogens is 1. The fourth-order valence-electron chi connectivity index (χ4n) is 2.74. The summed E-state index contributed by atoms with van der Waals surface area (Å²) in [5.74, 6) is 0.412. The number of alkyl halides is 3. The zero-order valence-electron chi connectivity index (χ0n) is 14.5. The molecule has 1 amide bonds. The lowest BCUT2D eigenvalue weighted by Crippen LogP contribution is -2.30. The van der Waals surface area contributed by atoms with Crippen molar-refractivity contribution < 1.29 is 18.0 Å². The van der Waals surface area contributed by atoms with Crippen molar-refractivity contribution in [3.8, 4) is 0 Å². The van der Waals surface area contributed by atoms with E-state index in [2.05, 4.69) is 25.6 Å². The van der Waals surface area contributed by atoms with Crippen LogP contribution in [0.15, 0.2) is 0 Å². The molecule has 138 valence electrons. The van der Waals surface area contributed by atoms with Gasteiger partial charge in [-0.3, -0.25) is 14.6 Å². The van der Waals surface area contributed by atoms with Crippen LogP contribution in [0.25, 0.3) is 0 Å². The van der Waals surface area contributed by atoms with Gasteiger partial charge >= 0.3 is 6.18 Å². The zero-order chi connectivity index (χ0) is 18.8. The third-order valence-corrected chi connectivity index (χ3v) is 3.88. The van der Waals surface area contributed by atoms with E-state index in [0.717, 1.165) is 4.68 Å². The van der Waals surface area contributed by atoms with Crippen LogP contribution in [0.1, 0.15) is 41.4 Å². The fraction of sp³-hybridized carbons (Fsp3) is 0.600. The Bertz CT molecular complexity index is 749. The molecule has 10 heteroatoms. The lowest BCUT2D eigenvalue weighted by Gasteiger charge is -2.13. The number of aromatic amines is 1. The number of amides is 1. The topological polar surface area (TPSA) is 88.5 Å². The summed E-state index contributed by atoms with van der Waals surface area (Å²) in [6, 6.07) is 0. The smallest absolute Gasteiger partial charge is 0.355 e. The first-order valence-corrected chi connectivity index (χ1v) is 7.84. The summed E-state index contributed by atoms with van der Waals surface area (Å²) in [6.07, 6.45) is -3.89. The molecule has 0 radical (unpaired) electrons. The van der Waals surface area contributed by atoms with Gasteiger partial charge in [-0.25, -0.2) is 4.98 Å². The number of carbonyl (C=O) groups excluding carboxylic acids is 1. The Morgan fingerprint density at radius 2 is 2.00 bits per heavy atom. The maximum absolute atomic E-state index is 12.6. The van der Waals surface area contributed by atoms with E-state index in [-0.39, 0.29) is 5.91 Å². The molecule has 0 saturated heterocycles. The van der Waals surface area contributed by atoms with E-state index in [1.807, 2.05) is 0 Å². The highest BCUT2D eigenvalue weighted by atomic mass is 19.4. The van der Waals surface area contributed by atoms with Crippen LogP contribution in [0.3, 0.4) is 0 Å². The maximum Gasteiger partial charge on any atom is 0.408 e. The maximum atomic E-state index is 12.6. The molecule has 0 fully saturated rings. The van der Waals surface area contributed by atoms with Gasteiger partial charge in [0.2, 0.25) is 5.91 Å². The Kier molecular flexibility index (Phi) is 5.48. The Morgan fingerprint density at radius 3 is 2.56 bits per heavy atom. The van der Waals surface area contributed by atoms with E-state index in [1.54, 1.807) is 27.7 Å². The van der Waals surface area contributed by atoms with Gasteiger partial charge in [0, 0.05) is 24.2 Å². The third-order valence-electron chi connectivity index (χ3n) is 3.88. The number of nitrogens with one attached hydrogen (secondary N) is 2. The molecular weight excluding hydrogens is 337 g/mol. The molecular formula is C15H21F3N6O. The molecule has 1 unspecified atom stereocenters. The first-order valence-electron chi connectivity index (χ1n) is 7.84. The molecule has 0 spiro atoms. The molecule has 0 bridgehead atoms. The van der Waals surface area contributed by atoms with Crippen LogP contribution in [0.4, 0.5) is 13.2 Å². The van der Waals surface area contributed by atoms with Gasteiger partial charge in [-0.1, -0.05) is 0 Å². The van der Waals surface area contributed by atoms with Gasteiger partial charge in [-0.05, 0) is 27.7 Å². The molecule has 2 rings (SSSR count). The normalized spacial score (nSPS) is 13.1. The predicted octanol–water partition coefficient (Wildman–Crippen LogP) is 1.95. The van der Waals surface area contributed by atoms with Crippen molar-refractivity contribution >= 4 is 5.91 Å². The number of aromatic nitrogens is 5. The lowest BCUT2D eigenvalue weighted by atomic mass is 9.98. The Morgan fingerprint density at radius 1 is 1.32 bits per heavy atom. The van der Waals surface area contributed by atoms with Crippen LogP contribution in [-0.4, -0.2) is 43.6 Å². The molecule has 0 saturated carbocycles. The minimum Gasteiger partial charge on any atom is -0.355 e. The van der Waals surface area contributed by atoms with Crippen LogP contribution in [0.2, 0.25) is 0 Å². The summed E-state index contributed by atoms with van der Waals surface area (Å²) in [7, 11) is 0. The standard InChI is InChI=1S/C15H21F3N6O/c1-8(14(25)19-6-5-12-20-11(4)21-22-12)13-9(2)23-24(10(13)3)7-15(16,17)18/h8H,5-7H2,1-4H3,(H,19,25)(H,20,21,22). The number of hydrogen-bond donors (Lipinski definition) is 2. The van der Waals surface area contributed by atoms with Gasteiger partial charge in [0.25, 0.3) is 0 Å². The van der Waals surface area contributed by atoms with Crippen molar-refractivity contribution in [2.24, 2.45) is 0 Å². The summed E-state index contributed by atoms with van der Waals surface area (Å²) >= 11 is 0. The van der Waals surface area contributed by atoms with Gasteiger partial charge in [0.15, 0.2) is 5.82 Å². The lowest BCUT2D eigenvalue weighted by molar-refractivity contribution is -0.143. The van der Waals surface area contributed by atoms with Gasteiger partial charge in [-0.15, -0.1) is 0 Å². The molecule has 2 aromatic rings. The van der Waals surface area contributed by atoms with Crippen molar-refractivity contribution in [3.05, 3.63) is 28.6 Å². The monoisotopic (exact) mass is 358 g/mol. The molecule has 2 heterocycles. The van der Waals surface area contributed by atoms with Crippen LogP contribution in [0, 0.1) is 20.8 Å². The van der Waals surface area contributed by atoms with E-state index in [1.165, 1.54) is 0 Å². The summed E-state index contributed by atoms with van der Waals surface area (Å²) in [5, 5.41) is 13.4. The molecule has 1 atom stereocenters. The number of aryl methyl sites for hydroxylation is 2. The first-order chi connectivity index (χ1) is 11.6. The average molecular weight is 358 g/mol. The van der Waals surface area contributed by atoms with Gasteiger partial charge in [0.1, 0.15) is 12.4 Å². The summed E-state index contributed by atoms with van der Waals surface area (Å²) in [6.45, 7) is 5.76. The third kappa shape index (κ3) is 4.80. The quantitative estimate of drug-likeness (QED) is 0.826. The van der Waals surface area contributed by atoms with Crippen molar-refractivity contribution in [2.45, 2.75) is 52.8 Å². The highest BCUT2D eigenvalue weighted by Gasteiger charge is 2.31. The molecule has 2 aromatic heterocycles. The van der Waals surface area contributed by atoms with Crippen molar-refractivity contribution in [1.29, 1.82) is 0 Å². The Labute approximate surface area is 143 Å². The number of rotatable bonds is 6. The first kappa shape index (κ1) is 18.9. The second kappa shape index (κ2) is 7.24. The van der Waals surface area contributed by atoms with Crippen molar-refractivity contribution in [3.63, 3.8) is 0 Å². The molecule has 0 aliphatic rings. The minimum absolute atomic E-state index is 0.273. The Hall–Kier alpha value is -2.39. The molecule has 7 nitrogen and oxygen atoms in total. The second-order valence-electron chi connectivity index (χ2n) is 5.96. The SMILES string of the molecule is Cc1nc(CCNC(=O)C(C)c2c(C)nn(CC(F)(F)F)c2C)n[nH]1. The molecule has 0 aromatic carbocycles. The van der Waals surface area contributed by atoms with Crippen molar-refractivity contribution in [2.75, 3.05) is 6.54 Å². The van der Waals surface area contributed by atoms with E-state index in [9.17, 15) is 18.0 Å². The Balaban J connectivity index is 2.01. The van der Waals surface area contributed by atoms with Gasteiger partial charge in [0.05, 0.1) is 11.6 Å². The van der Waals surface area contributed by atoms with Crippen molar-refractivity contribution in [1.82, 2.24) is 30.3 Å². The molecule has 0 aliphatic carbocycles. The highest BCUT2D eigenvalue weighted by molar-refractivity contribution is 5.83. The van der Waals surface area contributed by atoms with Crippen LogP contribution in [-0.2, 0) is 17.8 Å². The number of halogens is 3. The number of carbonyl (C=O) groups is 1. The summed E-state index contributed by atoms with van der Waals surface area (Å²) in [5.41, 5.74) is 1.30. The largest absolute Gasteiger partial charge is 0.408 e. The average Bonchev–Trinajstić information content (AvgIpc) is 3.01. The van der Waals surface area contributed by atoms with E-state index in [4.69, 9.17) is 0 Å². The van der Waals surface area contributed by atoms with Crippen LogP contribution in [0.5, 0.6) is 0 Å².